The second-order valence-electron chi connectivity index (χ2n) is 4.21. The Balaban J connectivity index is 2.26. The largest absolute Gasteiger partial charge is 0.304 e. The fraction of sp³-hybridized carbons (Fsp3) is 0.500. The summed E-state index contributed by atoms with van der Waals surface area (Å²) in [4.78, 5) is 4.38. The molecule has 0 aliphatic rings. The van der Waals surface area contributed by atoms with Gasteiger partial charge in [-0.2, -0.15) is 5.10 Å². The number of thiazole rings is 1. The van der Waals surface area contributed by atoms with Gasteiger partial charge in [-0.3, -0.25) is 4.68 Å². The molecule has 0 saturated carbocycles. The molecule has 17 heavy (non-hydrogen) atoms. The normalized spacial score (nSPS) is 13.2. The van der Waals surface area contributed by atoms with Crippen molar-refractivity contribution >= 4 is 11.3 Å². The Morgan fingerprint density at radius 2 is 2.29 bits per heavy atom. The quantitative estimate of drug-likeness (QED) is 0.887. The van der Waals surface area contributed by atoms with Crippen LogP contribution in [0.15, 0.2) is 24.0 Å². The Labute approximate surface area is 106 Å². The third-order valence-corrected chi connectivity index (χ3v) is 3.43. The number of hydrogen-bond donors (Lipinski definition) is 1. The molecule has 0 aliphatic heterocycles. The Kier molecular flexibility index (Phi) is 3.91. The molecule has 5 heteroatoms. The van der Waals surface area contributed by atoms with Crippen molar-refractivity contribution in [2.75, 3.05) is 6.54 Å². The van der Waals surface area contributed by atoms with Crippen LogP contribution in [0.4, 0.5) is 0 Å². The summed E-state index contributed by atoms with van der Waals surface area (Å²) in [6.07, 6.45) is 5.87. The molecule has 4 nitrogen and oxygen atoms in total. The fourth-order valence-electron chi connectivity index (χ4n) is 1.71. The summed E-state index contributed by atoms with van der Waals surface area (Å²) in [6.45, 7) is 7.27. The topological polar surface area (TPSA) is 42.7 Å². The van der Waals surface area contributed by atoms with E-state index in [-0.39, 0.29) is 6.04 Å². The van der Waals surface area contributed by atoms with Gasteiger partial charge in [0.25, 0.3) is 0 Å². The van der Waals surface area contributed by atoms with Gasteiger partial charge in [0.2, 0.25) is 0 Å². The van der Waals surface area contributed by atoms with E-state index in [1.54, 1.807) is 11.3 Å². The van der Waals surface area contributed by atoms with Crippen molar-refractivity contribution in [1.82, 2.24) is 20.1 Å². The molecule has 0 saturated heterocycles. The Bertz CT molecular complexity index is 447. The SMILES string of the molecule is CCNC(c1cnn(C(C)C)c1)c1nccs1. The molecule has 1 N–H and O–H groups in total. The number of nitrogens with one attached hydrogen (secondary N) is 1. The average molecular weight is 250 g/mol. The summed E-state index contributed by atoms with van der Waals surface area (Å²) in [5.74, 6) is 0. The molecular formula is C12H18N4S. The standard InChI is InChI=1S/C12H18N4S/c1-4-13-11(12-14-5-6-17-12)10-7-15-16(8-10)9(2)3/h5-9,11,13H,4H2,1-3H3. The minimum absolute atomic E-state index is 0.160. The summed E-state index contributed by atoms with van der Waals surface area (Å²) in [5.41, 5.74) is 1.18. The van der Waals surface area contributed by atoms with Crippen LogP contribution in [0.5, 0.6) is 0 Å². The fourth-order valence-corrected chi connectivity index (χ4v) is 2.45. The van der Waals surface area contributed by atoms with Gasteiger partial charge < -0.3 is 5.32 Å². The number of rotatable bonds is 5. The van der Waals surface area contributed by atoms with E-state index in [0.717, 1.165) is 11.6 Å². The van der Waals surface area contributed by atoms with Crippen LogP contribution in [0, 0.1) is 0 Å². The van der Waals surface area contributed by atoms with E-state index in [2.05, 4.69) is 42.4 Å². The smallest absolute Gasteiger partial charge is 0.114 e. The van der Waals surface area contributed by atoms with Gasteiger partial charge in [0.1, 0.15) is 5.01 Å². The second-order valence-corrected chi connectivity index (χ2v) is 5.13. The lowest BCUT2D eigenvalue weighted by Crippen LogP contribution is -2.21. The van der Waals surface area contributed by atoms with Gasteiger partial charge in [0, 0.05) is 29.4 Å². The second kappa shape index (κ2) is 5.42. The first-order valence-corrected chi connectivity index (χ1v) is 6.77. The van der Waals surface area contributed by atoms with Crippen LogP contribution in [-0.4, -0.2) is 21.3 Å². The van der Waals surface area contributed by atoms with Crippen molar-refractivity contribution in [2.45, 2.75) is 32.9 Å². The van der Waals surface area contributed by atoms with Gasteiger partial charge in [-0.1, -0.05) is 6.92 Å². The molecule has 0 aliphatic carbocycles. The predicted octanol–water partition coefficient (Wildman–Crippen LogP) is 2.62. The van der Waals surface area contributed by atoms with Gasteiger partial charge in [0.05, 0.1) is 12.2 Å². The summed E-state index contributed by atoms with van der Waals surface area (Å²) in [6, 6.07) is 0.551. The lowest BCUT2D eigenvalue weighted by atomic mass is 10.1. The van der Waals surface area contributed by atoms with E-state index in [0.29, 0.717) is 6.04 Å². The molecule has 2 heterocycles. The van der Waals surface area contributed by atoms with Crippen molar-refractivity contribution in [3.05, 3.63) is 34.5 Å². The Hall–Kier alpha value is -1.20. The van der Waals surface area contributed by atoms with Crippen LogP contribution in [0.1, 0.15) is 43.4 Å². The van der Waals surface area contributed by atoms with E-state index in [1.165, 1.54) is 5.56 Å². The first-order valence-electron chi connectivity index (χ1n) is 5.89. The zero-order chi connectivity index (χ0) is 12.3. The average Bonchev–Trinajstić information content (AvgIpc) is 2.97. The molecule has 2 aromatic heterocycles. The van der Waals surface area contributed by atoms with E-state index in [9.17, 15) is 0 Å². The lowest BCUT2D eigenvalue weighted by molar-refractivity contribution is 0.530. The first kappa shape index (κ1) is 12.3. The highest BCUT2D eigenvalue weighted by Gasteiger charge is 2.17. The van der Waals surface area contributed by atoms with Crippen molar-refractivity contribution in [1.29, 1.82) is 0 Å². The highest BCUT2D eigenvalue weighted by molar-refractivity contribution is 7.09. The summed E-state index contributed by atoms with van der Waals surface area (Å²) < 4.78 is 1.98. The maximum atomic E-state index is 4.38. The van der Waals surface area contributed by atoms with Crippen LogP contribution in [0.3, 0.4) is 0 Å². The van der Waals surface area contributed by atoms with E-state index in [4.69, 9.17) is 0 Å². The van der Waals surface area contributed by atoms with Crippen LogP contribution in [0.2, 0.25) is 0 Å². The maximum Gasteiger partial charge on any atom is 0.114 e. The molecule has 2 aromatic rings. The highest BCUT2D eigenvalue weighted by Crippen LogP contribution is 2.23. The van der Waals surface area contributed by atoms with Gasteiger partial charge in [-0.25, -0.2) is 4.98 Å². The maximum absolute atomic E-state index is 4.38. The first-order chi connectivity index (χ1) is 8.22. The molecule has 0 fully saturated rings. The predicted molar refractivity (Wildman–Crippen MR) is 70.2 cm³/mol. The van der Waals surface area contributed by atoms with Gasteiger partial charge >= 0.3 is 0 Å². The molecule has 0 aromatic carbocycles. The van der Waals surface area contributed by atoms with Crippen LogP contribution >= 0.6 is 11.3 Å². The van der Waals surface area contributed by atoms with Crippen molar-refractivity contribution < 1.29 is 0 Å². The summed E-state index contributed by atoms with van der Waals surface area (Å²) >= 11 is 1.67. The third kappa shape index (κ3) is 2.73. The van der Waals surface area contributed by atoms with Crippen LogP contribution in [-0.2, 0) is 0 Å². The monoisotopic (exact) mass is 250 g/mol. The lowest BCUT2D eigenvalue weighted by Gasteiger charge is -2.13. The molecule has 0 bridgehead atoms. The number of hydrogen-bond acceptors (Lipinski definition) is 4. The molecular weight excluding hydrogens is 232 g/mol. The molecule has 0 spiro atoms. The number of aromatic nitrogens is 3. The highest BCUT2D eigenvalue weighted by atomic mass is 32.1. The number of nitrogens with zero attached hydrogens (tertiary/aromatic N) is 3. The van der Waals surface area contributed by atoms with Crippen molar-refractivity contribution in [2.24, 2.45) is 0 Å². The molecule has 0 amide bonds. The van der Waals surface area contributed by atoms with Gasteiger partial charge in [-0.05, 0) is 20.4 Å². The van der Waals surface area contributed by atoms with E-state index < -0.39 is 0 Å². The minimum atomic E-state index is 0.160. The summed E-state index contributed by atoms with van der Waals surface area (Å²) in [5, 5.41) is 10.9. The molecule has 0 radical (unpaired) electrons. The van der Waals surface area contributed by atoms with Gasteiger partial charge in [0.15, 0.2) is 0 Å². The molecule has 2 rings (SSSR count). The molecule has 1 atom stereocenters. The van der Waals surface area contributed by atoms with Crippen LogP contribution < -0.4 is 5.32 Å². The zero-order valence-corrected chi connectivity index (χ0v) is 11.2. The van der Waals surface area contributed by atoms with E-state index >= 15 is 0 Å². The molecule has 1 unspecified atom stereocenters. The Morgan fingerprint density at radius 1 is 1.47 bits per heavy atom. The van der Waals surface area contributed by atoms with E-state index in [1.807, 2.05) is 22.5 Å². The summed E-state index contributed by atoms with van der Waals surface area (Å²) in [7, 11) is 0. The van der Waals surface area contributed by atoms with Crippen LogP contribution in [0.25, 0.3) is 0 Å². The molecule has 92 valence electrons. The van der Waals surface area contributed by atoms with Crippen molar-refractivity contribution in [3.8, 4) is 0 Å². The third-order valence-electron chi connectivity index (χ3n) is 2.59. The Morgan fingerprint density at radius 3 is 2.82 bits per heavy atom. The zero-order valence-electron chi connectivity index (χ0n) is 10.4. The van der Waals surface area contributed by atoms with Crippen molar-refractivity contribution in [3.63, 3.8) is 0 Å². The van der Waals surface area contributed by atoms with Gasteiger partial charge in [-0.15, -0.1) is 11.3 Å². The minimum Gasteiger partial charge on any atom is -0.304 e.